The Morgan fingerprint density at radius 3 is 2.15 bits per heavy atom. The Morgan fingerprint density at radius 1 is 0.889 bits per heavy atom. The molecule has 2 aliphatic heterocycles. The smallest absolute Gasteiger partial charge is 0.236 e. The molecule has 2 aliphatic rings. The molecule has 0 aromatic heterocycles. The van der Waals surface area contributed by atoms with Crippen LogP contribution in [0.2, 0.25) is 0 Å². The molecule has 2 fully saturated rings. The van der Waals surface area contributed by atoms with Gasteiger partial charge in [0.1, 0.15) is 0 Å². The molecule has 6 nitrogen and oxygen atoms in total. The average Bonchev–Trinajstić information content (AvgIpc) is 2.96. The van der Waals surface area contributed by atoms with Gasteiger partial charge in [-0.15, -0.1) is 0 Å². The molecule has 0 atom stereocenters. The first-order valence-corrected chi connectivity index (χ1v) is 11.3. The van der Waals surface area contributed by atoms with E-state index in [4.69, 9.17) is 0 Å². The Balaban J connectivity index is 1.50. The van der Waals surface area contributed by atoms with Crippen LogP contribution >= 0.6 is 0 Å². The van der Waals surface area contributed by atoms with Crippen molar-refractivity contribution in [3.63, 3.8) is 0 Å². The summed E-state index contributed by atoms with van der Waals surface area (Å²) in [7, 11) is -3.46. The maximum Gasteiger partial charge on any atom is 0.236 e. The number of carbonyl (C=O) groups excluding carboxylic acids is 1. The monoisotopic (exact) mass is 391 g/mol. The van der Waals surface area contributed by atoms with Crippen LogP contribution < -0.4 is 0 Å². The van der Waals surface area contributed by atoms with Crippen LogP contribution in [-0.4, -0.2) is 74.2 Å². The highest BCUT2D eigenvalue weighted by molar-refractivity contribution is 7.92. The Hall–Kier alpha value is -1.70. The first-order chi connectivity index (χ1) is 13.0. The maximum absolute atomic E-state index is 12.5. The van der Waals surface area contributed by atoms with Gasteiger partial charge >= 0.3 is 0 Å². The van der Waals surface area contributed by atoms with E-state index in [-0.39, 0.29) is 5.91 Å². The molecular weight excluding hydrogens is 362 g/mol. The Kier molecular flexibility index (Phi) is 7.04. The highest BCUT2D eigenvalue weighted by Crippen LogP contribution is 2.13. The number of nitrogens with zero attached hydrogens (tertiary/aromatic N) is 3. The second-order valence-corrected chi connectivity index (χ2v) is 9.05. The standard InChI is InChI=1S/C20H29N3O3S/c24-20(18-21-11-6-1-2-7-12-21)22-13-15-23(16-14-22)27(25,26)17-10-19-8-4-3-5-9-19/h3-5,8-10,17H,1-2,6-7,11-16,18H2/b17-10-. The van der Waals surface area contributed by atoms with Gasteiger partial charge in [0.15, 0.2) is 0 Å². The van der Waals surface area contributed by atoms with Crippen LogP contribution in [0.15, 0.2) is 35.7 Å². The molecule has 2 saturated heterocycles. The zero-order valence-corrected chi connectivity index (χ0v) is 16.6. The number of likely N-dealkylation sites (tertiary alicyclic amines) is 1. The van der Waals surface area contributed by atoms with Gasteiger partial charge in [-0.3, -0.25) is 9.69 Å². The fourth-order valence-corrected chi connectivity index (χ4v) is 4.77. The molecule has 0 spiro atoms. The predicted octanol–water partition coefficient (Wildman–Crippen LogP) is 2.01. The molecule has 2 heterocycles. The van der Waals surface area contributed by atoms with Gasteiger partial charge in [-0.25, -0.2) is 8.42 Å². The lowest BCUT2D eigenvalue weighted by Crippen LogP contribution is -2.52. The van der Waals surface area contributed by atoms with Crippen molar-refractivity contribution in [2.75, 3.05) is 45.8 Å². The molecule has 0 unspecified atom stereocenters. The summed E-state index contributed by atoms with van der Waals surface area (Å²) in [5, 5.41) is 1.26. The van der Waals surface area contributed by atoms with Crippen molar-refractivity contribution in [2.45, 2.75) is 25.7 Å². The average molecular weight is 392 g/mol. The number of benzene rings is 1. The van der Waals surface area contributed by atoms with Crippen molar-refractivity contribution in [3.05, 3.63) is 41.3 Å². The van der Waals surface area contributed by atoms with Gasteiger partial charge in [0, 0.05) is 31.6 Å². The summed E-state index contributed by atoms with van der Waals surface area (Å²) in [5.74, 6) is 0.119. The van der Waals surface area contributed by atoms with Crippen molar-refractivity contribution in [2.24, 2.45) is 0 Å². The Labute approximate surface area is 162 Å². The van der Waals surface area contributed by atoms with Crippen LogP contribution in [0.25, 0.3) is 6.08 Å². The second-order valence-electron chi connectivity index (χ2n) is 7.23. The van der Waals surface area contributed by atoms with Crippen molar-refractivity contribution < 1.29 is 13.2 Å². The lowest BCUT2D eigenvalue weighted by atomic mass is 10.2. The molecule has 0 radical (unpaired) electrons. The third-order valence-corrected chi connectivity index (χ3v) is 6.81. The highest BCUT2D eigenvalue weighted by atomic mass is 32.2. The van der Waals surface area contributed by atoms with E-state index < -0.39 is 10.0 Å². The van der Waals surface area contributed by atoms with Crippen LogP contribution in [0.3, 0.4) is 0 Å². The van der Waals surface area contributed by atoms with Crippen LogP contribution in [0, 0.1) is 0 Å². The van der Waals surface area contributed by atoms with Gasteiger partial charge in [-0.2, -0.15) is 4.31 Å². The number of hydrogen-bond donors (Lipinski definition) is 0. The minimum absolute atomic E-state index is 0.119. The van der Waals surface area contributed by atoms with Gasteiger partial charge in [0.25, 0.3) is 0 Å². The lowest BCUT2D eigenvalue weighted by Gasteiger charge is -2.34. The quantitative estimate of drug-likeness (QED) is 0.770. The molecule has 7 heteroatoms. The van der Waals surface area contributed by atoms with E-state index in [2.05, 4.69) is 4.90 Å². The second kappa shape index (κ2) is 9.48. The van der Waals surface area contributed by atoms with Crippen LogP contribution in [0.4, 0.5) is 0 Å². The van der Waals surface area contributed by atoms with Gasteiger partial charge in [-0.1, -0.05) is 43.2 Å². The maximum atomic E-state index is 12.5. The van der Waals surface area contributed by atoms with Gasteiger partial charge in [0.05, 0.1) is 6.54 Å². The van der Waals surface area contributed by atoms with E-state index in [1.54, 1.807) is 11.0 Å². The molecule has 27 heavy (non-hydrogen) atoms. The number of carbonyl (C=O) groups is 1. The summed E-state index contributed by atoms with van der Waals surface area (Å²) >= 11 is 0. The summed E-state index contributed by atoms with van der Waals surface area (Å²) in [4.78, 5) is 16.6. The molecule has 0 N–H and O–H groups in total. The zero-order valence-electron chi connectivity index (χ0n) is 15.8. The summed E-state index contributed by atoms with van der Waals surface area (Å²) in [5.41, 5.74) is 0.854. The van der Waals surface area contributed by atoms with E-state index in [0.717, 1.165) is 31.5 Å². The van der Waals surface area contributed by atoms with E-state index in [1.807, 2.05) is 30.3 Å². The predicted molar refractivity (Wildman–Crippen MR) is 107 cm³/mol. The molecule has 3 rings (SSSR count). The van der Waals surface area contributed by atoms with Gasteiger partial charge < -0.3 is 4.90 Å². The van der Waals surface area contributed by atoms with Crippen molar-refractivity contribution in [1.29, 1.82) is 0 Å². The summed E-state index contributed by atoms with van der Waals surface area (Å²) in [6.07, 6.45) is 6.43. The van der Waals surface area contributed by atoms with Crippen molar-refractivity contribution >= 4 is 22.0 Å². The molecular formula is C20H29N3O3S. The topological polar surface area (TPSA) is 60.9 Å². The first-order valence-electron chi connectivity index (χ1n) is 9.78. The van der Waals surface area contributed by atoms with Gasteiger partial charge in [0.2, 0.25) is 15.9 Å². The van der Waals surface area contributed by atoms with Gasteiger partial charge in [-0.05, 0) is 37.6 Å². The number of piperazine rings is 1. The molecule has 0 saturated carbocycles. The first kappa shape index (κ1) is 20.0. The Morgan fingerprint density at radius 2 is 1.52 bits per heavy atom. The van der Waals surface area contributed by atoms with Crippen molar-refractivity contribution in [3.8, 4) is 0 Å². The highest BCUT2D eigenvalue weighted by Gasteiger charge is 2.28. The minimum Gasteiger partial charge on any atom is -0.339 e. The SMILES string of the molecule is O=C(CN1CCCCCC1)N1CCN(S(=O)(=O)/C=C\c2ccccc2)CC1. The molecule has 1 aromatic carbocycles. The number of hydrogen-bond acceptors (Lipinski definition) is 4. The van der Waals surface area contributed by atoms with E-state index in [1.165, 1.54) is 22.6 Å². The fraction of sp³-hybridized carbons (Fsp3) is 0.550. The molecule has 148 valence electrons. The van der Waals surface area contributed by atoms with E-state index in [9.17, 15) is 13.2 Å². The Bertz CT molecular complexity index is 733. The molecule has 0 bridgehead atoms. The molecule has 0 aliphatic carbocycles. The zero-order chi connectivity index (χ0) is 19.1. The third kappa shape index (κ3) is 5.89. The fourth-order valence-electron chi connectivity index (χ4n) is 3.59. The molecule has 1 amide bonds. The van der Waals surface area contributed by atoms with E-state index in [0.29, 0.717) is 32.7 Å². The van der Waals surface area contributed by atoms with E-state index >= 15 is 0 Å². The molecule has 1 aromatic rings. The third-order valence-electron chi connectivity index (χ3n) is 5.24. The van der Waals surface area contributed by atoms with Crippen LogP contribution in [0.5, 0.6) is 0 Å². The normalized spacial score (nSPS) is 20.7. The van der Waals surface area contributed by atoms with Crippen LogP contribution in [-0.2, 0) is 14.8 Å². The van der Waals surface area contributed by atoms with Crippen molar-refractivity contribution in [1.82, 2.24) is 14.1 Å². The number of amides is 1. The largest absolute Gasteiger partial charge is 0.339 e. The minimum atomic E-state index is -3.46. The summed E-state index contributed by atoms with van der Waals surface area (Å²) < 4.78 is 26.5. The number of sulfonamides is 1. The summed E-state index contributed by atoms with van der Waals surface area (Å²) in [6, 6.07) is 9.38. The van der Waals surface area contributed by atoms with Crippen LogP contribution in [0.1, 0.15) is 31.2 Å². The number of rotatable bonds is 5. The lowest BCUT2D eigenvalue weighted by molar-refractivity contribution is -0.133. The summed E-state index contributed by atoms with van der Waals surface area (Å²) in [6.45, 7) is 4.08.